The maximum atomic E-state index is 13.1. The van der Waals surface area contributed by atoms with Gasteiger partial charge in [-0.25, -0.2) is 4.79 Å². The van der Waals surface area contributed by atoms with Crippen molar-refractivity contribution in [1.82, 2.24) is 10.2 Å². The molecule has 31 heavy (non-hydrogen) atoms. The molecule has 1 aliphatic heterocycles. The standard InChI is InChI=1S/C24H29N3O4/c1-5-20(28)26-19-8-6-7-18(13-19)22-21(23(29)25-15(2)3)27(24(30)31-22)14-17-11-9-16(4)10-12-17/h6-13,15,21-22H,5,14H2,1-4H3,(H,25,29)(H,26,28)/t21-,22+/m1/s1. The minimum absolute atomic E-state index is 0.0831. The molecule has 1 aliphatic rings. The lowest BCUT2D eigenvalue weighted by molar-refractivity contribution is -0.126. The summed E-state index contributed by atoms with van der Waals surface area (Å²) in [6.07, 6.45) is -0.973. The van der Waals surface area contributed by atoms with Crippen LogP contribution in [0.3, 0.4) is 0 Å². The van der Waals surface area contributed by atoms with Crippen molar-refractivity contribution in [3.05, 3.63) is 65.2 Å². The molecule has 1 saturated heterocycles. The summed E-state index contributed by atoms with van der Waals surface area (Å²) in [5.74, 6) is -0.392. The van der Waals surface area contributed by atoms with Gasteiger partial charge in [0.05, 0.1) is 6.54 Å². The highest BCUT2D eigenvalue weighted by Gasteiger charge is 2.47. The third-order valence-electron chi connectivity index (χ3n) is 5.08. The van der Waals surface area contributed by atoms with Crippen molar-refractivity contribution in [1.29, 1.82) is 0 Å². The van der Waals surface area contributed by atoms with Crippen LogP contribution in [0.25, 0.3) is 0 Å². The Bertz CT molecular complexity index is 956. The van der Waals surface area contributed by atoms with Crippen LogP contribution in [0.4, 0.5) is 10.5 Å². The Balaban J connectivity index is 1.92. The number of carbonyl (C=O) groups excluding carboxylic acids is 3. The van der Waals surface area contributed by atoms with E-state index < -0.39 is 18.2 Å². The second-order valence-electron chi connectivity index (χ2n) is 8.05. The summed E-state index contributed by atoms with van der Waals surface area (Å²) in [5, 5.41) is 5.71. The van der Waals surface area contributed by atoms with E-state index in [1.165, 1.54) is 4.90 Å². The first-order valence-corrected chi connectivity index (χ1v) is 10.5. The van der Waals surface area contributed by atoms with E-state index in [1.54, 1.807) is 31.2 Å². The number of carbonyl (C=O) groups is 3. The van der Waals surface area contributed by atoms with Gasteiger partial charge in [0.1, 0.15) is 0 Å². The number of hydrogen-bond acceptors (Lipinski definition) is 4. The lowest BCUT2D eigenvalue weighted by Crippen LogP contribution is -2.48. The number of rotatable bonds is 7. The molecule has 164 valence electrons. The summed E-state index contributed by atoms with van der Waals surface area (Å²) in [6.45, 7) is 7.77. The van der Waals surface area contributed by atoms with Crippen molar-refractivity contribution in [2.75, 3.05) is 5.32 Å². The molecule has 2 N–H and O–H groups in total. The summed E-state index contributed by atoms with van der Waals surface area (Å²) in [7, 11) is 0. The van der Waals surface area contributed by atoms with Gasteiger partial charge in [-0.2, -0.15) is 0 Å². The van der Waals surface area contributed by atoms with Crippen molar-refractivity contribution in [2.24, 2.45) is 0 Å². The van der Waals surface area contributed by atoms with E-state index in [0.717, 1.165) is 11.1 Å². The molecule has 7 heteroatoms. The van der Waals surface area contributed by atoms with Gasteiger partial charge in [0.15, 0.2) is 12.1 Å². The van der Waals surface area contributed by atoms with Crippen LogP contribution in [0, 0.1) is 6.92 Å². The molecule has 0 aromatic heterocycles. The summed E-state index contributed by atoms with van der Waals surface area (Å²) >= 11 is 0. The number of nitrogens with one attached hydrogen (secondary N) is 2. The summed E-state index contributed by atoms with van der Waals surface area (Å²) in [5.41, 5.74) is 3.28. The van der Waals surface area contributed by atoms with Gasteiger partial charge in [0.2, 0.25) is 11.8 Å². The summed E-state index contributed by atoms with van der Waals surface area (Å²) in [6, 6.07) is 14.0. The van der Waals surface area contributed by atoms with E-state index in [2.05, 4.69) is 10.6 Å². The van der Waals surface area contributed by atoms with Gasteiger partial charge in [-0.1, -0.05) is 48.9 Å². The summed E-state index contributed by atoms with van der Waals surface area (Å²) < 4.78 is 5.67. The zero-order chi connectivity index (χ0) is 22.5. The number of aryl methyl sites for hydroxylation is 1. The zero-order valence-electron chi connectivity index (χ0n) is 18.3. The Hall–Kier alpha value is -3.35. The Labute approximate surface area is 182 Å². The predicted octanol–water partition coefficient (Wildman–Crippen LogP) is 3.93. The van der Waals surface area contributed by atoms with E-state index in [1.807, 2.05) is 45.0 Å². The molecule has 3 amide bonds. The second kappa shape index (κ2) is 9.64. The van der Waals surface area contributed by atoms with Gasteiger partial charge in [0.25, 0.3) is 0 Å². The van der Waals surface area contributed by atoms with Crippen LogP contribution < -0.4 is 10.6 Å². The van der Waals surface area contributed by atoms with Gasteiger partial charge in [-0.05, 0) is 44.0 Å². The van der Waals surface area contributed by atoms with Gasteiger partial charge in [0, 0.05) is 18.2 Å². The molecule has 0 saturated carbocycles. The predicted molar refractivity (Wildman–Crippen MR) is 118 cm³/mol. The van der Waals surface area contributed by atoms with Crippen LogP contribution in [0.1, 0.15) is 50.0 Å². The zero-order valence-corrected chi connectivity index (χ0v) is 18.3. The molecule has 2 aromatic carbocycles. The molecule has 0 unspecified atom stereocenters. The maximum Gasteiger partial charge on any atom is 0.411 e. The Morgan fingerprint density at radius 3 is 2.48 bits per heavy atom. The smallest absolute Gasteiger partial charge is 0.411 e. The lowest BCUT2D eigenvalue weighted by atomic mass is 9.99. The SMILES string of the molecule is CCC(=O)Nc1cccc([C@@H]2OC(=O)N(Cc3ccc(C)cc3)[C@H]2C(=O)NC(C)C)c1. The normalized spacial score (nSPS) is 18.1. The van der Waals surface area contributed by atoms with E-state index in [9.17, 15) is 14.4 Å². The highest BCUT2D eigenvalue weighted by molar-refractivity contribution is 5.91. The average molecular weight is 424 g/mol. The average Bonchev–Trinajstić information content (AvgIpc) is 3.05. The molecule has 0 radical (unpaired) electrons. The summed E-state index contributed by atoms with van der Waals surface area (Å²) in [4.78, 5) is 39.1. The molecule has 0 aliphatic carbocycles. The van der Waals surface area contributed by atoms with Crippen LogP contribution >= 0.6 is 0 Å². The van der Waals surface area contributed by atoms with E-state index >= 15 is 0 Å². The van der Waals surface area contributed by atoms with Gasteiger partial charge in [-0.15, -0.1) is 0 Å². The number of cyclic esters (lactones) is 1. The molecular weight excluding hydrogens is 394 g/mol. The molecule has 7 nitrogen and oxygen atoms in total. The monoisotopic (exact) mass is 423 g/mol. The fourth-order valence-electron chi connectivity index (χ4n) is 3.51. The van der Waals surface area contributed by atoms with Crippen LogP contribution in [-0.4, -0.2) is 34.9 Å². The van der Waals surface area contributed by atoms with Crippen LogP contribution in [-0.2, 0) is 20.9 Å². The first-order valence-electron chi connectivity index (χ1n) is 10.5. The van der Waals surface area contributed by atoms with Crippen molar-refractivity contribution < 1.29 is 19.1 Å². The molecule has 1 fully saturated rings. The van der Waals surface area contributed by atoms with Crippen LogP contribution in [0.2, 0.25) is 0 Å². The minimum atomic E-state index is -0.826. The van der Waals surface area contributed by atoms with Crippen molar-refractivity contribution in [3.8, 4) is 0 Å². The molecule has 2 atom stereocenters. The van der Waals surface area contributed by atoms with E-state index in [0.29, 0.717) is 17.7 Å². The molecule has 0 spiro atoms. The fraction of sp³-hybridized carbons (Fsp3) is 0.375. The Morgan fingerprint density at radius 2 is 1.84 bits per heavy atom. The van der Waals surface area contributed by atoms with Gasteiger partial charge >= 0.3 is 6.09 Å². The quantitative estimate of drug-likeness (QED) is 0.706. The fourth-order valence-corrected chi connectivity index (χ4v) is 3.51. The first kappa shape index (κ1) is 22.3. The number of nitrogens with zero attached hydrogens (tertiary/aromatic N) is 1. The Morgan fingerprint density at radius 1 is 1.13 bits per heavy atom. The number of amides is 3. The highest BCUT2D eigenvalue weighted by Crippen LogP contribution is 2.35. The molecule has 2 aromatic rings. The van der Waals surface area contributed by atoms with Crippen molar-refractivity contribution in [2.45, 2.75) is 58.8 Å². The first-order chi connectivity index (χ1) is 14.8. The van der Waals surface area contributed by atoms with Crippen LogP contribution in [0.5, 0.6) is 0 Å². The topological polar surface area (TPSA) is 87.7 Å². The number of ether oxygens (including phenoxy) is 1. The molecule has 3 rings (SSSR count). The third-order valence-corrected chi connectivity index (χ3v) is 5.08. The maximum absolute atomic E-state index is 13.1. The highest BCUT2D eigenvalue weighted by atomic mass is 16.6. The van der Waals surface area contributed by atoms with Crippen molar-refractivity contribution in [3.63, 3.8) is 0 Å². The lowest BCUT2D eigenvalue weighted by Gasteiger charge is -2.25. The molecule has 1 heterocycles. The van der Waals surface area contributed by atoms with Crippen LogP contribution in [0.15, 0.2) is 48.5 Å². The number of anilines is 1. The van der Waals surface area contributed by atoms with Crippen molar-refractivity contribution >= 4 is 23.6 Å². The Kier molecular flexibility index (Phi) is 6.95. The molecule has 0 bridgehead atoms. The number of benzene rings is 2. The largest absolute Gasteiger partial charge is 0.438 e. The number of hydrogen-bond donors (Lipinski definition) is 2. The van der Waals surface area contributed by atoms with E-state index in [-0.39, 0.29) is 24.4 Å². The van der Waals surface area contributed by atoms with Gasteiger partial charge < -0.3 is 15.4 Å². The van der Waals surface area contributed by atoms with Gasteiger partial charge in [-0.3, -0.25) is 14.5 Å². The minimum Gasteiger partial charge on any atom is -0.438 e. The van der Waals surface area contributed by atoms with E-state index in [4.69, 9.17) is 4.74 Å². The third kappa shape index (κ3) is 5.42. The molecular formula is C24H29N3O4. The second-order valence-corrected chi connectivity index (χ2v) is 8.05.